The molecular formula is C13H26N2OS. The minimum atomic E-state index is -0.0462. The second-order valence-electron chi connectivity index (χ2n) is 5.90. The molecule has 100 valence electrons. The lowest BCUT2D eigenvalue weighted by molar-refractivity contribution is 0.136. The molecule has 0 amide bonds. The van der Waals surface area contributed by atoms with Crippen LogP contribution in [0, 0.1) is 11.3 Å². The first-order chi connectivity index (χ1) is 7.88. The van der Waals surface area contributed by atoms with Crippen molar-refractivity contribution in [3.05, 3.63) is 0 Å². The number of hydrogen-bond acceptors (Lipinski definition) is 3. The fourth-order valence-corrected chi connectivity index (χ4v) is 2.61. The van der Waals surface area contributed by atoms with Gasteiger partial charge in [-0.2, -0.15) is 0 Å². The summed E-state index contributed by atoms with van der Waals surface area (Å²) in [6.45, 7) is 8.86. The topological polar surface area (TPSA) is 49.5 Å². The van der Waals surface area contributed by atoms with Gasteiger partial charge in [-0.3, -0.25) is 4.90 Å². The molecule has 1 aliphatic rings. The van der Waals surface area contributed by atoms with Crippen LogP contribution < -0.4 is 5.73 Å². The van der Waals surface area contributed by atoms with E-state index in [9.17, 15) is 5.11 Å². The molecule has 0 aromatic carbocycles. The number of nitrogens with two attached hydrogens (primary N) is 1. The average molecular weight is 258 g/mol. The molecule has 3 nitrogen and oxygen atoms in total. The van der Waals surface area contributed by atoms with Gasteiger partial charge in [-0.05, 0) is 38.3 Å². The molecule has 1 aliphatic heterocycles. The molecule has 1 saturated heterocycles. The van der Waals surface area contributed by atoms with Gasteiger partial charge >= 0.3 is 0 Å². The largest absolute Gasteiger partial charge is 0.395 e. The minimum absolute atomic E-state index is 0.0462. The molecule has 4 heteroatoms. The van der Waals surface area contributed by atoms with E-state index in [1.54, 1.807) is 0 Å². The number of rotatable bonds is 6. The molecular weight excluding hydrogens is 232 g/mol. The van der Waals surface area contributed by atoms with Crippen molar-refractivity contribution >= 4 is 17.2 Å². The van der Waals surface area contributed by atoms with E-state index in [1.165, 1.54) is 6.42 Å². The monoisotopic (exact) mass is 258 g/mol. The summed E-state index contributed by atoms with van der Waals surface area (Å²) in [7, 11) is 0. The Hall–Kier alpha value is -0.190. The van der Waals surface area contributed by atoms with Crippen LogP contribution in [0.2, 0.25) is 0 Å². The van der Waals surface area contributed by atoms with Gasteiger partial charge < -0.3 is 10.8 Å². The maximum absolute atomic E-state index is 9.37. The zero-order chi connectivity index (χ0) is 13.1. The van der Waals surface area contributed by atoms with Gasteiger partial charge in [-0.25, -0.2) is 0 Å². The molecule has 0 spiro atoms. The molecule has 0 saturated carbocycles. The second-order valence-corrected chi connectivity index (χ2v) is 6.34. The zero-order valence-electron chi connectivity index (χ0n) is 11.3. The van der Waals surface area contributed by atoms with Gasteiger partial charge in [-0.15, -0.1) is 0 Å². The van der Waals surface area contributed by atoms with E-state index in [1.807, 2.05) is 0 Å². The predicted molar refractivity (Wildman–Crippen MR) is 76.0 cm³/mol. The molecule has 3 N–H and O–H groups in total. The Morgan fingerprint density at radius 1 is 1.53 bits per heavy atom. The minimum Gasteiger partial charge on any atom is -0.395 e. The summed E-state index contributed by atoms with van der Waals surface area (Å²) < 4.78 is 0. The number of aliphatic hydroxyl groups is 1. The lowest BCUT2D eigenvalue weighted by Crippen LogP contribution is -2.37. The molecule has 1 heterocycles. The quantitative estimate of drug-likeness (QED) is 0.713. The van der Waals surface area contributed by atoms with Gasteiger partial charge in [0.05, 0.1) is 11.6 Å². The molecule has 2 atom stereocenters. The Bertz CT molecular complexity index is 268. The number of nitrogens with zero attached hydrogens (tertiary/aromatic N) is 1. The van der Waals surface area contributed by atoms with E-state index in [4.69, 9.17) is 18.0 Å². The Morgan fingerprint density at radius 3 is 2.71 bits per heavy atom. The first-order valence-corrected chi connectivity index (χ1v) is 6.94. The number of aliphatic hydroxyl groups excluding tert-OH is 1. The maximum Gasteiger partial charge on any atom is 0.0784 e. The van der Waals surface area contributed by atoms with Crippen LogP contribution in [-0.2, 0) is 0 Å². The Morgan fingerprint density at radius 2 is 2.18 bits per heavy atom. The Labute approximate surface area is 110 Å². The predicted octanol–water partition coefficient (Wildman–Crippen LogP) is 1.78. The van der Waals surface area contributed by atoms with Crippen LogP contribution >= 0.6 is 12.2 Å². The van der Waals surface area contributed by atoms with Gasteiger partial charge in [0.2, 0.25) is 0 Å². The van der Waals surface area contributed by atoms with Gasteiger partial charge in [0.1, 0.15) is 0 Å². The summed E-state index contributed by atoms with van der Waals surface area (Å²) in [4.78, 5) is 3.01. The molecule has 0 aromatic rings. The molecule has 0 aliphatic carbocycles. The van der Waals surface area contributed by atoms with Gasteiger partial charge in [0.25, 0.3) is 0 Å². The Kier molecular flexibility index (Phi) is 5.35. The third-order valence-electron chi connectivity index (χ3n) is 4.10. The van der Waals surface area contributed by atoms with E-state index >= 15 is 0 Å². The van der Waals surface area contributed by atoms with Crippen molar-refractivity contribution in [2.75, 3.05) is 19.7 Å². The van der Waals surface area contributed by atoms with Crippen molar-refractivity contribution in [3.63, 3.8) is 0 Å². The number of thiocarbonyl (C=S) groups is 1. The van der Waals surface area contributed by atoms with Crippen molar-refractivity contribution in [3.8, 4) is 0 Å². The zero-order valence-corrected chi connectivity index (χ0v) is 12.1. The highest BCUT2D eigenvalue weighted by Crippen LogP contribution is 2.26. The van der Waals surface area contributed by atoms with Crippen molar-refractivity contribution in [2.45, 2.75) is 46.1 Å². The van der Waals surface area contributed by atoms with Crippen LogP contribution in [0.15, 0.2) is 0 Å². The van der Waals surface area contributed by atoms with E-state index in [0.29, 0.717) is 16.9 Å². The molecule has 2 unspecified atom stereocenters. The van der Waals surface area contributed by atoms with Crippen molar-refractivity contribution in [1.82, 2.24) is 4.90 Å². The van der Waals surface area contributed by atoms with E-state index < -0.39 is 0 Å². The highest BCUT2D eigenvalue weighted by atomic mass is 32.1. The van der Waals surface area contributed by atoms with Gasteiger partial charge in [0.15, 0.2) is 0 Å². The number of likely N-dealkylation sites (tertiary alicyclic amines) is 1. The molecule has 0 radical (unpaired) electrons. The van der Waals surface area contributed by atoms with Crippen molar-refractivity contribution < 1.29 is 5.11 Å². The highest BCUT2D eigenvalue weighted by molar-refractivity contribution is 7.80. The first-order valence-electron chi connectivity index (χ1n) is 6.53. The normalized spacial score (nSPS) is 26.4. The van der Waals surface area contributed by atoms with Crippen LogP contribution in [-0.4, -0.2) is 40.7 Å². The summed E-state index contributed by atoms with van der Waals surface area (Å²) in [6.07, 6.45) is 3.31. The first kappa shape index (κ1) is 14.9. The highest BCUT2D eigenvalue weighted by Gasteiger charge is 2.30. The summed E-state index contributed by atoms with van der Waals surface area (Å²) in [6, 6.07) is 0.350. The number of hydrogen-bond donors (Lipinski definition) is 2. The van der Waals surface area contributed by atoms with E-state index in [2.05, 4.69) is 25.7 Å². The fraction of sp³-hybridized carbons (Fsp3) is 0.923. The van der Waals surface area contributed by atoms with Crippen LogP contribution in [0.25, 0.3) is 0 Å². The smallest absolute Gasteiger partial charge is 0.0784 e. The average Bonchev–Trinajstić information content (AvgIpc) is 2.59. The van der Waals surface area contributed by atoms with Crippen molar-refractivity contribution in [1.29, 1.82) is 0 Å². The third kappa shape index (κ3) is 3.90. The summed E-state index contributed by atoms with van der Waals surface area (Å²) >= 11 is 5.07. The van der Waals surface area contributed by atoms with Crippen molar-refractivity contribution in [2.24, 2.45) is 17.1 Å². The van der Waals surface area contributed by atoms with E-state index in [-0.39, 0.29) is 12.0 Å². The molecule has 0 bridgehead atoms. The lowest BCUT2D eigenvalue weighted by atomic mass is 9.88. The third-order valence-corrected chi connectivity index (χ3v) is 4.65. The summed E-state index contributed by atoms with van der Waals surface area (Å²) in [5.74, 6) is 0.614. The standard InChI is InChI=1S/C13H26N2OS/c1-10-5-8-15(11(10)9-16)7-4-6-13(2,3)12(14)17/h10-11,16H,4-9H2,1-3H3,(H2,14,17). The maximum atomic E-state index is 9.37. The van der Waals surface area contributed by atoms with Crippen LogP contribution in [0.1, 0.15) is 40.0 Å². The Balaban J connectivity index is 2.34. The van der Waals surface area contributed by atoms with Gasteiger partial charge in [0, 0.05) is 11.5 Å². The van der Waals surface area contributed by atoms with Crippen LogP contribution in [0.5, 0.6) is 0 Å². The summed E-state index contributed by atoms with van der Waals surface area (Å²) in [5, 5.41) is 9.37. The molecule has 0 aromatic heterocycles. The molecule has 17 heavy (non-hydrogen) atoms. The lowest BCUT2D eigenvalue weighted by Gasteiger charge is -2.28. The molecule has 1 fully saturated rings. The fourth-order valence-electron chi connectivity index (χ4n) is 2.51. The summed E-state index contributed by atoms with van der Waals surface area (Å²) in [5.41, 5.74) is 5.67. The SMILES string of the molecule is CC1CCN(CCCC(C)(C)C(N)=S)C1CO. The van der Waals surface area contributed by atoms with Gasteiger partial charge in [-0.1, -0.05) is 33.0 Å². The van der Waals surface area contributed by atoms with Crippen LogP contribution in [0.3, 0.4) is 0 Å². The van der Waals surface area contributed by atoms with E-state index in [0.717, 1.165) is 25.9 Å². The molecule has 1 rings (SSSR count). The second kappa shape index (κ2) is 6.12. The van der Waals surface area contributed by atoms with Crippen LogP contribution in [0.4, 0.5) is 0 Å².